The SMILES string of the molecule is Nc1cc(-c2csc(Nc3cccc(C(F)(F)F)c3)n2)ccc1F.Nc1ccc(O)c(C(=O)O)c1. The van der Waals surface area contributed by atoms with Crippen LogP contribution >= 0.6 is 11.3 Å². The third-order valence-electron chi connectivity index (χ3n) is 4.49. The second-order valence-corrected chi connectivity index (χ2v) is 7.92. The van der Waals surface area contributed by atoms with Gasteiger partial charge >= 0.3 is 12.1 Å². The summed E-state index contributed by atoms with van der Waals surface area (Å²) in [5, 5.41) is 22.4. The van der Waals surface area contributed by atoms with Crippen LogP contribution in [0.3, 0.4) is 0 Å². The lowest BCUT2D eigenvalue weighted by Gasteiger charge is -2.09. The van der Waals surface area contributed by atoms with Gasteiger partial charge in [0, 0.05) is 22.3 Å². The molecule has 4 aromatic rings. The summed E-state index contributed by atoms with van der Waals surface area (Å²) in [7, 11) is 0. The predicted octanol–water partition coefficient (Wildman–Crippen LogP) is 5.97. The average Bonchev–Trinajstić information content (AvgIpc) is 3.25. The number of hydrogen-bond acceptors (Lipinski definition) is 7. The van der Waals surface area contributed by atoms with Crippen molar-refractivity contribution < 1.29 is 32.6 Å². The molecule has 0 aliphatic carbocycles. The highest BCUT2D eigenvalue weighted by atomic mass is 32.1. The summed E-state index contributed by atoms with van der Waals surface area (Å²) in [4.78, 5) is 14.6. The molecule has 0 fully saturated rings. The first-order valence-electron chi connectivity index (χ1n) is 9.71. The summed E-state index contributed by atoms with van der Waals surface area (Å²) in [5.41, 5.74) is 11.7. The predicted molar refractivity (Wildman–Crippen MR) is 126 cm³/mol. The van der Waals surface area contributed by atoms with Gasteiger partial charge in [-0.05, 0) is 54.6 Å². The number of aromatic nitrogens is 1. The third kappa shape index (κ3) is 6.60. The highest BCUT2D eigenvalue weighted by Gasteiger charge is 2.30. The zero-order chi connectivity index (χ0) is 25.8. The number of nitrogens with two attached hydrogens (primary N) is 2. The Morgan fingerprint density at radius 1 is 1.03 bits per heavy atom. The Hall–Kier alpha value is -4.32. The number of nitrogens with one attached hydrogen (secondary N) is 1. The number of carboxylic acids is 1. The first-order valence-corrected chi connectivity index (χ1v) is 10.6. The minimum Gasteiger partial charge on any atom is -0.507 e. The number of aromatic carboxylic acids is 1. The molecule has 0 spiro atoms. The number of hydrogen-bond donors (Lipinski definition) is 5. The summed E-state index contributed by atoms with van der Waals surface area (Å²) < 4.78 is 51.4. The fourth-order valence-electron chi connectivity index (χ4n) is 2.79. The summed E-state index contributed by atoms with van der Waals surface area (Å²) in [6, 6.07) is 13.0. The minimum absolute atomic E-state index is 0.00730. The Labute approximate surface area is 200 Å². The van der Waals surface area contributed by atoms with Crippen molar-refractivity contribution in [3.05, 3.63) is 83.0 Å². The molecule has 7 N–H and O–H groups in total. The zero-order valence-corrected chi connectivity index (χ0v) is 18.5. The monoisotopic (exact) mass is 506 g/mol. The van der Waals surface area contributed by atoms with Crippen LogP contribution in [0.25, 0.3) is 11.3 Å². The molecular weight excluding hydrogens is 488 g/mol. The van der Waals surface area contributed by atoms with E-state index in [2.05, 4.69) is 10.3 Å². The summed E-state index contributed by atoms with van der Waals surface area (Å²) >= 11 is 1.22. The normalized spacial score (nSPS) is 10.9. The molecule has 0 bridgehead atoms. The van der Waals surface area contributed by atoms with E-state index in [1.807, 2.05) is 0 Å². The molecule has 3 aromatic carbocycles. The van der Waals surface area contributed by atoms with Gasteiger partial charge in [0.15, 0.2) is 5.13 Å². The van der Waals surface area contributed by atoms with Gasteiger partial charge in [0.05, 0.1) is 16.9 Å². The zero-order valence-electron chi connectivity index (χ0n) is 17.7. The fraction of sp³-hybridized carbons (Fsp3) is 0.0435. The van der Waals surface area contributed by atoms with Crippen LogP contribution in [0, 0.1) is 5.82 Å². The molecule has 0 aliphatic heterocycles. The number of aromatic hydroxyl groups is 1. The highest BCUT2D eigenvalue weighted by molar-refractivity contribution is 7.14. The van der Waals surface area contributed by atoms with Gasteiger partial charge in [0.25, 0.3) is 0 Å². The lowest BCUT2D eigenvalue weighted by molar-refractivity contribution is -0.137. The smallest absolute Gasteiger partial charge is 0.416 e. The maximum absolute atomic E-state index is 13.2. The van der Waals surface area contributed by atoms with Crippen molar-refractivity contribution in [1.29, 1.82) is 0 Å². The lowest BCUT2D eigenvalue weighted by Crippen LogP contribution is -2.05. The summed E-state index contributed by atoms with van der Waals surface area (Å²) in [6.07, 6.45) is -4.41. The van der Waals surface area contributed by atoms with Gasteiger partial charge < -0.3 is 27.0 Å². The van der Waals surface area contributed by atoms with Crippen LogP contribution in [0.1, 0.15) is 15.9 Å². The van der Waals surface area contributed by atoms with Crippen molar-refractivity contribution in [3.63, 3.8) is 0 Å². The number of thiazole rings is 1. The number of carbonyl (C=O) groups is 1. The van der Waals surface area contributed by atoms with E-state index >= 15 is 0 Å². The van der Waals surface area contributed by atoms with Crippen molar-refractivity contribution in [2.24, 2.45) is 0 Å². The second kappa shape index (κ2) is 10.3. The number of rotatable bonds is 4. The maximum atomic E-state index is 13.2. The Balaban J connectivity index is 0.000000261. The van der Waals surface area contributed by atoms with Gasteiger partial charge in [-0.25, -0.2) is 14.2 Å². The Morgan fingerprint density at radius 2 is 1.77 bits per heavy atom. The molecule has 0 amide bonds. The number of alkyl halides is 3. The van der Waals surface area contributed by atoms with E-state index in [9.17, 15) is 22.4 Å². The van der Waals surface area contributed by atoms with E-state index in [1.165, 1.54) is 59.9 Å². The number of nitrogens with zero attached hydrogens (tertiary/aromatic N) is 1. The van der Waals surface area contributed by atoms with Crippen LogP contribution < -0.4 is 16.8 Å². The number of carboxylic acid groups (broad SMARTS) is 1. The molecule has 4 rings (SSSR count). The molecule has 0 aliphatic rings. The quantitative estimate of drug-likeness (QED) is 0.131. The molecule has 182 valence electrons. The van der Waals surface area contributed by atoms with Gasteiger partial charge in [-0.2, -0.15) is 13.2 Å². The summed E-state index contributed by atoms with van der Waals surface area (Å²) in [6.45, 7) is 0. The van der Waals surface area contributed by atoms with Crippen LogP contribution in [0.5, 0.6) is 5.75 Å². The van der Waals surface area contributed by atoms with E-state index in [4.69, 9.17) is 21.7 Å². The minimum atomic E-state index is -4.41. The van der Waals surface area contributed by atoms with Crippen LogP contribution in [-0.2, 0) is 6.18 Å². The molecule has 7 nitrogen and oxygen atoms in total. The first-order chi connectivity index (χ1) is 16.4. The molecule has 0 unspecified atom stereocenters. The first kappa shape index (κ1) is 25.3. The lowest BCUT2D eigenvalue weighted by atomic mass is 10.1. The Kier molecular flexibility index (Phi) is 7.45. The van der Waals surface area contributed by atoms with Gasteiger partial charge in [0.1, 0.15) is 17.1 Å². The van der Waals surface area contributed by atoms with Crippen molar-refractivity contribution >= 4 is 39.5 Å². The topological polar surface area (TPSA) is 134 Å². The van der Waals surface area contributed by atoms with Crippen molar-refractivity contribution in [1.82, 2.24) is 4.98 Å². The third-order valence-corrected chi connectivity index (χ3v) is 5.25. The van der Waals surface area contributed by atoms with E-state index in [0.29, 0.717) is 22.1 Å². The Morgan fingerprint density at radius 3 is 2.40 bits per heavy atom. The number of halogens is 4. The number of anilines is 4. The molecule has 0 atom stereocenters. The van der Waals surface area contributed by atoms with Crippen molar-refractivity contribution in [2.45, 2.75) is 6.18 Å². The van der Waals surface area contributed by atoms with Crippen molar-refractivity contribution in [3.8, 4) is 17.0 Å². The summed E-state index contributed by atoms with van der Waals surface area (Å²) in [5.74, 6) is -1.97. The van der Waals surface area contributed by atoms with Crippen LogP contribution in [0.15, 0.2) is 66.0 Å². The maximum Gasteiger partial charge on any atom is 0.416 e. The van der Waals surface area contributed by atoms with E-state index in [-0.39, 0.29) is 22.7 Å². The van der Waals surface area contributed by atoms with Crippen LogP contribution in [-0.4, -0.2) is 21.2 Å². The molecule has 12 heteroatoms. The van der Waals surface area contributed by atoms with E-state index < -0.39 is 23.5 Å². The molecule has 0 radical (unpaired) electrons. The van der Waals surface area contributed by atoms with Gasteiger partial charge in [0.2, 0.25) is 0 Å². The molecule has 0 saturated carbocycles. The molecule has 35 heavy (non-hydrogen) atoms. The molecule has 1 heterocycles. The number of benzene rings is 3. The Bertz CT molecular complexity index is 1360. The molecule has 1 aromatic heterocycles. The van der Waals surface area contributed by atoms with Gasteiger partial charge in [-0.3, -0.25) is 0 Å². The van der Waals surface area contributed by atoms with E-state index in [1.54, 1.807) is 5.38 Å². The fourth-order valence-corrected chi connectivity index (χ4v) is 3.53. The van der Waals surface area contributed by atoms with Crippen molar-refractivity contribution in [2.75, 3.05) is 16.8 Å². The molecular formula is C23H18F4N4O3S. The molecule has 0 saturated heterocycles. The number of phenols is 1. The van der Waals surface area contributed by atoms with Crippen LogP contribution in [0.2, 0.25) is 0 Å². The van der Waals surface area contributed by atoms with E-state index in [0.717, 1.165) is 12.1 Å². The van der Waals surface area contributed by atoms with Gasteiger partial charge in [-0.1, -0.05) is 6.07 Å². The number of nitrogen functional groups attached to an aromatic ring is 2. The van der Waals surface area contributed by atoms with Gasteiger partial charge in [-0.15, -0.1) is 11.3 Å². The standard InChI is InChI=1S/C16H11F4N3S.C7H7NO3/c17-12-5-4-9(6-13(12)21)14-8-24-15(23-14)22-11-3-1-2-10(7-11)16(18,19)20;8-4-1-2-6(9)5(3-4)7(10)11/h1-8H,21H2,(H,22,23);1-3,9H,8H2,(H,10,11). The highest BCUT2D eigenvalue weighted by Crippen LogP contribution is 2.33. The largest absolute Gasteiger partial charge is 0.507 e. The van der Waals surface area contributed by atoms with Crippen LogP contribution in [0.4, 0.5) is 39.8 Å². The average molecular weight is 506 g/mol. The second-order valence-electron chi connectivity index (χ2n) is 7.06.